The molecule has 136 valence electrons. The fourth-order valence-corrected chi connectivity index (χ4v) is 2.82. The maximum Gasteiger partial charge on any atom is 0.421 e. The van der Waals surface area contributed by atoms with Gasteiger partial charge in [-0.2, -0.15) is 39.5 Å². The molecule has 1 rings (SSSR count). The molecular weight excluding hydrogens is 493 g/mol. The minimum atomic E-state index is -6.96. The molecule has 1 aromatic rings. The quantitative estimate of drug-likeness (QED) is 0.513. The highest BCUT2D eigenvalue weighted by Gasteiger charge is 2.88. The molecule has 0 saturated heterocycles. The monoisotopic (exact) mass is 495 g/mol. The third-order valence-electron chi connectivity index (χ3n) is 2.80. The number of rotatable bonds is 2. The van der Waals surface area contributed by atoms with E-state index in [1.54, 1.807) is 0 Å². The second-order valence-electron chi connectivity index (χ2n) is 4.32. The summed E-state index contributed by atoms with van der Waals surface area (Å²) in [5.41, 5.74) is -7.27. The lowest BCUT2D eigenvalue weighted by atomic mass is 9.84. The zero-order valence-electron chi connectivity index (χ0n) is 10.8. The number of halogens is 11. The standard InChI is InChI=1S/C11H4Br2F9NO/c12-4-1-2-6(5(13)3-4)23-7(24)8(9(14,15)16,10(17,18)19)11(20,21)22/h1-3H,(H,23,24). The molecule has 0 bridgehead atoms. The lowest BCUT2D eigenvalue weighted by Crippen LogP contribution is -2.65. The fourth-order valence-electron chi connectivity index (χ4n) is 1.68. The Morgan fingerprint density at radius 2 is 1.25 bits per heavy atom. The minimum absolute atomic E-state index is 0.231. The third-order valence-corrected chi connectivity index (χ3v) is 3.94. The van der Waals surface area contributed by atoms with Crippen LogP contribution in [0.25, 0.3) is 0 Å². The van der Waals surface area contributed by atoms with Crippen molar-refractivity contribution in [3.05, 3.63) is 27.1 Å². The summed E-state index contributed by atoms with van der Waals surface area (Å²) in [6, 6.07) is 3.02. The molecule has 0 aliphatic heterocycles. The van der Waals surface area contributed by atoms with Gasteiger partial charge < -0.3 is 5.32 Å². The number of carbonyl (C=O) groups is 1. The molecule has 0 heterocycles. The first-order valence-electron chi connectivity index (χ1n) is 5.52. The van der Waals surface area contributed by atoms with Gasteiger partial charge in [-0.15, -0.1) is 0 Å². The lowest BCUT2D eigenvalue weighted by molar-refractivity contribution is -0.405. The van der Waals surface area contributed by atoms with Crippen LogP contribution in [0.15, 0.2) is 27.1 Å². The molecule has 13 heteroatoms. The van der Waals surface area contributed by atoms with Gasteiger partial charge in [0.1, 0.15) is 0 Å². The maximum absolute atomic E-state index is 12.8. The predicted octanol–water partition coefficient (Wildman–Crippen LogP) is 5.82. The van der Waals surface area contributed by atoms with Gasteiger partial charge >= 0.3 is 23.9 Å². The minimum Gasteiger partial charge on any atom is -0.324 e. The molecule has 0 aliphatic carbocycles. The Balaban J connectivity index is 3.53. The Labute approximate surface area is 144 Å². The molecule has 1 amide bonds. The van der Waals surface area contributed by atoms with Crippen LogP contribution in [0.1, 0.15) is 0 Å². The largest absolute Gasteiger partial charge is 0.421 e. The normalized spacial score (nSPS) is 13.8. The van der Waals surface area contributed by atoms with Crippen molar-refractivity contribution in [2.45, 2.75) is 18.5 Å². The van der Waals surface area contributed by atoms with Crippen LogP contribution in [-0.2, 0) is 4.79 Å². The van der Waals surface area contributed by atoms with Crippen LogP contribution in [0.3, 0.4) is 0 Å². The molecule has 1 N–H and O–H groups in total. The average molecular weight is 497 g/mol. The van der Waals surface area contributed by atoms with Crippen LogP contribution in [0.2, 0.25) is 0 Å². The SMILES string of the molecule is O=C(Nc1ccc(Br)cc1Br)C(C(F)(F)F)(C(F)(F)F)C(F)(F)F. The zero-order chi connectivity index (χ0) is 19.1. The van der Waals surface area contributed by atoms with Crippen molar-refractivity contribution in [3.8, 4) is 0 Å². The molecule has 1 aromatic carbocycles. The molecule has 0 spiro atoms. The summed E-state index contributed by atoms with van der Waals surface area (Å²) >= 11 is 5.62. The van der Waals surface area contributed by atoms with Gasteiger partial charge in [0, 0.05) is 8.95 Å². The van der Waals surface area contributed by atoms with Crippen molar-refractivity contribution < 1.29 is 44.3 Å². The smallest absolute Gasteiger partial charge is 0.324 e. The fraction of sp³-hybridized carbons (Fsp3) is 0.364. The molecule has 0 atom stereocenters. The molecular formula is C11H4Br2F9NO. The molecule has 0 fully saturated rings. The van der Waals surface area contributed by atoms with E-state index in [2.05, 4.69) is 31.9 Å². The number of carbonyl (C=O) groups excluding carboxylic acids is 1. The topological polar surface area (TPSA) is 29.1 Å². The number of anilines is 1. The van der Waals surface area contributed by atoms with Crippen LogP contribution in [0.4, 0.5) is 45.2 Å². The van der Waals surface area contributed by atoms with E-state index in [0.29, 0.717) is 4.47 Å². The van der Waals surface area contributed by atoms with Gasteiger partial charge in [-0.1, -0.05) is 15.9 Å². The molecule has 0 unspecified atom stereocenters. The first-order valence-corrected chi connectivity index (χ1v) is 7.11. The summed E-state index contributed by atoms with van der Waals surface area (Å²) in [6.45, 7) is 0. The molecule has 2 nitrogen and oxygen atoms in total. The number of alkyl halides is 9. The summed E-state index contributed by atoms with van der Waals surface area (Å²) in [6.07, 6.45) is -20.9. The molecule has 0 aromatic heterocycles. The van der Waals surface area contributed by atoms with Crippen molar-refractivity contribution in [2.75, 3.05) is 5.32 Å². The number of amides is 1. The summed E-state index contributed by atoms with van der Waals surface area (Å²) in [7, 11) is 0. The molecule has 0 radical (unpaired) electrons. The molecule has 0 aliphatic rings. The Bertz CT molecular complexity index is 600. The highest BCUT2D eigenvalue weighted by atomic mass is 79.9. The van der Waals surface area contributed by atoms with Crippen LogP contribution in [0, 0.1) is 5.41 Å². The maximum atomic E-state index is 12.8. The summed E-state index contributed by atoms with van der Waals surface area (Å²) in [5.74, 6) is -3.31. The van der Waals surface area contributed by atoms with Crippen molar-refractivity contribution in [1.82, 2.24) is 0 Å². The number of hydrogen-bond acceptors (Lipinski definition) is 1. The lowest BCUT2D eigenvalue weighted by Gasteiger charge is -2.37. The first-order chi connectivity index (χ1) is 10.6. The first kappa shape index (κ1) is 21.1. The average Bonchev–Trinajstić information content (AvgIpc) is 2.27. The van der Waals surface area contributed by atoms with Crippen molar-refractivity contribution >= 4 is 43.5 Å². The van der Waals surface area contributed by atoms with Crippen molar-refractivity contribution in [3.63, 3.8) is 0 Å². The Kier molecular flexibility index (Phi) is 5.61. The van der Waals surface area contributed by atoms with Gasteiger partial charge in [0.15, 0.2) is 0 Å². The zero-order valence-corrected chi connectivity index (χ0v) is 14.0. The van der Waals surface area contributed by atoms with E-state index in [0.717, 1.165) is 23.5 Å². The van der Waals surface area contributed by atoms with Gasteiger partial charge in [0.2, 0.25) is 0 Å². The van der Waals surface area contributed by atoms with E-state index >= 15 is 0 Å². The van der Waals surface area contributed by atoms with Crippen LogP contribution in [-0.4, -0.2) is 24.4 Å². The van der Waals surface area contributed by atoms with E-state index in [9.17, 15) is 44.3 Å². The predicted molar refractivity (Wildman–Crippen MR) is 71.1 cm³/mol. The van der Waals surface area contributed by atoms with Crippen LogP contribution >= 0.6 is 31.9 Å². The highest BCUT2D eigenvalue weighted by molar-refractivity contribution is 9.11. The van der Waals surface area contributed by atoms with E-state index < -0.39 is 35.5 Å². The summed E-state index contributed by atoms with van der Waals surface area (Å²) in [4.78, 5) is 11.5. The molecule has 24 heavy (non-hydrogen) atoms. The van der Waals surface area contributed by atoms with Gasteiger partial charge in [0.25, 0.3) is 5.91 Å². The number of nitrogens with one attached hydrogen (secondary N) is 1. The van der Waals surface area contributed by atoms with Crippen molar-refractivity contribution in [1.29, 1.82) is 0 Å². The second kappa shape index (κ2) is 6.39. The Morgan fingerprint density at radius 3 is 1.58 bits per heavy atom. The van der Waals surface area contributed by atoms with Gasteiger partial charge in [-0.3, -0.25) is 4.79 Å². The van der Waals surface area contributed by atoms with Crippen LogP contribution < -0.4 is 5.32 Å². The van der Waals surface area contributed by atoms with E-state index in [1.807, 2.05) is 0 Å². The van der Waals surface area contributed by atoms with Gasteiger partial charge in [-0.05, 0) is 34.1 Å². The Hall–Kier alpha value is -0.980. The second-order valence-corrected chi connectivity index (χ2v) is 6.09. The van der Waals surface area contributed by atoms with Gasteiger partial charge in [-0.25, -0.2) is 0 Å². The highest BCUT2D eigenvalue weighted by Crippen LogP contribution is 2.59. The van der Waals surface area contributed by atoms with E-state index in [-0.39, 0.29) is 4.47 Å². The number of hydrogen-bond donors (Lipinski definition) is 1. The van der Waals surface area contributed by atoms with Gasteiger partial charge in [0.05, 0.1) is 5.69 Å². The van der Waals surface area contributed by atoms with Crippen molar-refractivity contribution in [2.24, 2.45) is 5.41 Å². The summed E-state index contributed by atoms with van der Waals surface area (Å²) < 4.78 is 115. The van der Waals surface area contributed by atoms with Crippen LogP contribution in [0.5, 0.6) is 0 Å². The summed E-state index contributed by atoms with van der Waals surface area (Å²) in [5, 5.41) is 1.03. The number of benzene rings is 1. The Morgan fingerprint density at radius 1 is 0.833 bits per heavy atom. The van der Waals surface area contributed by atoms with E-state index in [1.165, 1.54) is 0 Å². The van der Waals surface area contributed by atoms with E-state index in [4.69, 9.17) is 0 Å². The molecule has 0 saturated carbocycles. The third kappa shape index (κ3) is 3.51.